The maximum atomic E-state index is 8.61. The fourth-order valence-electron chi connectivity index (χ4n) is 1.29. The Bertz CT molecular complexity index is 98.9. The minimum Gasteiger partial charge on any atom is -0.396 e. The molecule has 0 saturated heterocycles. The van der Waals surface area contributed by atoms with Crippen LogP contribution in [0, 0.1) is 0 Å². The Kier molecular flexibility index (Phi) is 10.8. The number of unbranched alkanes of at least 4 members (excludes halogenated alkanes) is 3. The average molecular weight is 253 g/mol. The molecule has 0 aliphatic heterocycles. The molecule has 0 aliphatic rings. The first-order chi connectivity index (χ1) is 6.31. The van der Waals surface area contributed by atoms with Crippen molar-refractivity contribution in [1.29, 1.82) is 0 Å². The van der Waals surface area contributed by atoms with E-state index < -0.39 is 0 Å². The largest absolute Gasteiger partial charge is 0.396 e. The Balaban J connectivity index is 3.03. The second-order valence-corrected chi connectivity index (χ2v) is 4.68. The van der Waals surface area contributed by atoms with Crippen LogP contribution in [0.25, 0.3) is 0 Å². The predicted molar refractivity (Wildman–Crippen MR) is 59.2 cm³/mol. The zero-order valence-corrected chi connectivity index (χ0v) is 9.80. The van der Waals surface area contributed by atoms with Crippen molar-refractivity contribution in [3.63, 3.8) is 0 Å². The van der Waals surface area contributed by atoms with Crippen LogP contribution in [0.4, 0.5) is 0 Å². The van der Waals surface area contributed by atoms with Crippen LogP contribution in [0.3, 0.4) is 0 Å². The van der Waals surface area contributed by atoms with Crippen LogP contribution in [0.5, 0.6) is 0 Å². The molecule has 0 aromatic heterocycles. The third kappa shape index (κ3) is 10.3. The molecule has 0 heterocycles. The third-order valence-corrected chi connectivity index (χ3v) is 3.02. The van der Waals surface area contributed by atoms with Gasteiger partial charge in [-0.15, -0.1) is 0 Å². The molecule has 2 nitrogen and oxygen atoms in total. The van der Waals surface area contributed by atoms with E-state index in [1.165, 1.54) is 19.3 Å². The van der Waals surface area contributed by atoms with E-state index in [1.807, 2.05) is 0 Å². The van der Waals surface area contributed by atoms with Crippen LogP contribution in [-0.4, -0.2) is 28.3 Å². The fraction of sp³-hybridized carbons (Fsp3) is 1.00. The lowest BCUT2D eigenvalue weighted by atomic mass is 10.1. The summed E-state index contributed by atoms with van der Waals surface area (Å²) in [7, 11) is 0. The molecule has 80 valence electrons. The third-order valence-electron chi connectivity index (χ3n) is 2.10. The molecular formula is C10H21BrO2. The van der Waals surface area contributed by atoms with Gasteiger partial charge in [0.1, 0.15) is 0 Å². The standard InChI is InChI=1S/C10H21BrO2/c11-10(7-5-9-13)6-3-1-2-4-8-12/h10,12-13H,1-9H2. The smallest absolute Gasteiger partial charge is 0.0431 e. The minimum atomic E-state index is 0.298. The minimum absolute atomic E-state index is 0.298. The van der Waals surface area contributed by atoms with Gasteiger partial charge in [-0.05, 0) is 25.7 Å². The van der Waals surface area contributed by atoms with Gasteiger partial charge in [0.05, 0.1) is 0 Å². The molecule has 13 heavy (non-hydrogen) atoms. The molecule has 0 aromatic rings. The number of rotatable bonds is 9. The molecule has 0 bridgehead atoms. The van der Waals surface area contributed by atoms with Crippen LogP contribution >= 0.6 is 15.9 Å². The molecule has 0 rings (SSSR count). The van der Waals surface area contributed by atoms with Gasteiger partial charge in [0, 0.05) is 18.0 Å². The highest BCUT2D eigenvalue weighted by Gasteiger charge is 2.02. The monoisotopic (exact) mass is 252 g/mol. The first kappa shape index (κ1) is 13.4. The maximum Gasteiger partial charge on any atom is 0.0431 e. The van der Waals surface area contributed by atoms with E-state index in [2.05, 4.69) is 15.9 Å². The van der Waals surface area contributed by atoms with Gasteiger partial charge in [-0.2, -0.15) is 0 Å². The highest BCUT2D eigenvalue weighted by atomic mass is 79.9. The summed E-state index contributed by atoms with van der Waals surface area (Å²) >= 11 is 3.59. The van der Waals surface area contributed by atoms with E-state index in [0.717, 1.165) is 25.7 Å². The van der Waals surface area contributed by atoms with Gasteiger partial charge < -0.3 is 10.2 Å². The average Bonchev–Trinajstić information content (AvgIpc) is 2.14. The van der Waals surface area contributed by atoms with Crippen molar-refractivity contribution >= 4 is 15.9 Å². The van der Waals surface area contributed by atoms with Crippen LogP contribution in [0.2, 0.25) is 0 Å². The van der Waals surface area contributed by atoms with Crippen molar-refractivity contribution in [2.75, 3.05) is 13.2 Å². The summed E-state index contributed by atoms with van der Waals surface area (Å²) in [5, 5.41) is 17.2. The lowest BCUT2D eigenvalue weighted by Gasteiger charge is -2.07. The summed E-state index contributed by atoms with van der Waals surface area (Å²) in [6, 6.07) is 0. The number of hydrogen-bond acceptors (Lipinski definition) is 2. The van der Waals surface area contributed by atoms with Gasteiger partial charge in [-0.1, -0.05) is 35.2 Å². The SMILES string of the molecule is OCCCCCCC(Br)CCCO. The van der Waals surface area contributed by atoms with Gasteiger partial charge in [-0.3, -0.25) is 0 Å². The topological polar surface area (TPSA) is 40.5 Å². The Morgan fingerprint density at radius 3 is 1.92 bits per heavy atom. The van der Waals surface area contributed by atoms with Crippen molar-refractivity contribution < 1.29 is 10.2 Å². The summed E-state index contributed by atoms with van der Waals surface area (Å²) in [6.07, 6.45) is 7.65. The first-order valence-electron chi connectivity index (χ1n) is 5.17. The Morgan fingerprint density at radius 2 is 1.31 bits per heavy atom. The quantitative estimate of drug-likeness (QED) is 0.489. The highest BCUT2D eigenvalue weighted by Crippen LogP contribution is 2.16. The van der Waals surface area contributed by atoms with Gasteiger partial charge in [-0.25, -0.2) is 0 Å². The van der Waals surface area contributed by atoms with Crippen molar-refractivity contribution in [1.82, 2.24) is 0 Å². The molecular weight excluding hydrogens is 232 g/mol. The number of halogens is 1. The predicted octanol–water partition coefficient (Wildman–Crippen LogP) is 2.47. The van der Waals surface area contributed by atoms with Gasteiger partial charge in [0.2, 0.25) is 0 Å². The molecule has 0 aromatic carbocycles. The molecule has 0 aliphatic carbocycles. The molecule has 2 N–H and O–H groups in total. The van der Waals surface area contributed by atoms with Crippen molar-refractivity contribution in [3.8, 4) is 0 Å². The molecule has 1 atom stereocenters. The summed E-state index contributed by atoms with van der Waals surface area (Å²) < 4.78 is 0. The first-order valence-corrected chi connectivity index (χ1v) is 6.08. The molecule has 1 unspecified atom stereocenters. The second kappa shape index (κ2) is 10.5. The van der Waals surface area contributed by atoms with Crippen LogP contribution < -0.4 is 0 Å². The van der Waals surface area contributed by atoms with E-state index in [1.54, 1.807) is 0 Å². The normalized spacial score (nSPS) is 13.2. The number of hydrogen-bond donors (Lipinski definition) is 2. The van der Waals surface area contributed by atoms with E-state index in [0.29, 0.717) is 18.0 Å². The van der Waals surface area contributed by atoms with E-state index in [9.17, 15) is 0 Å². The van der Waals surface area contributed by atoms with Crippen LogP contribution in [0.1, 0.15) is 44.9 Å². The van der Waals surface area contributed by atoms with Gasteiger partial charge >= 0.3 is 0 Å². The summed E-state index contributed by atoms with van der Waals surface area (Å²) in [4.78, 5) is 0.564. The Labute approximate surface area is 89.5 Å². The lowest BCUT2D eigenvalue weighted by Crippen LogP contribution is -1.99. The molecule has 0 amide bonds. The molecule has 0 spiro atoms. The van der Waals surface area contributed by atoms with E-state index >= 15 is 0 Å². The summed E-state index contributed by atoms with van der Waals surface area (Å²) in [6.45, 7) is 0.620. The van der Waals surface area contributed by atoms with Crippen molar-refractivity contribution in [2.45, 2.75) is 49.8 Å². The number of aliphatic hydroxyl groups excluding tert-OH is 2. The molecule has 0 fully saturated rings. The fourth-order valence-corrected chi connectivity index (χ4v) is 1.94. The van der Waals surface area contributed by atoms with Gasteiger partial charge in [0.15, 0.2) is 0 Å². The zero-order valence-electron chi connectivity index (χ0n) is 8.21. The van der Waals surface area contributed by atoms with E-state index in [-0.39, 0.29) is 0 Å². The van der Waals surface area contributed by atoms with Crippen LogP contribution in [0.15, 0.2) is 0 Å². The number of aliphatic hydroxyl groups is 2. The molecule has 0 saturated carbocycles. The zero-order chi connectivity index (χ0) is 9.94. The Hall–Kier alpha value is 0.400. The maximum absolute atomic E-state index is 8.61. The van der Waals surface area contributed by atoms with Crippen molar-refractivity contribution in [3.05, 3.63) is 0 Å². The summed E-state index contributed by atoms with van der Waals surface area (Å²) in [5.74, 6) is 0. The van der Waals surface area contributed by atoms with Crippen LogP contribution in [-0.2, 0) is 0 Å². The molecule has 3 heteroatoms. The van der Waals surface area contributed by atoms with E-state index in [4.69, 9.17) is 10.2 Å². The lowest BCUT2D eigenvalue weighted by molar-refractivity contribution is 0.280. The van der Waals surface area contributed by atoms with Gasteiger partial charge in [0.25, 0.3) is 0 Å². The highest BCUT2D eigenvalue weighted by molar-refractivity contribution is 9.09. The number of alkyl halides is 1. The second-order valence-electron chi connectivity index (χ2n) is 3.39. The Morgan fingerprint density at radius 1 is 0.769 bits per heavy atom. The summed E-state index contributed by atoms with van der Waals surface area (Å²) in [5.41, 5.74) is 0. The van der Waals surface area contributed by atoms with Crippen molar-refractivity contribution in [2.24, 2.45) is 0 Å². The molecule has 0 radical (unpaired) electrons.